The molecule has 0 saturated carbocycles. The molecular formula is C24H32O4P2. The largest absolute Gasteiger partial charge is 0.496 e. The summed E-state index contributed by atoms with van der Waals surface area (Å²) in [7, 11) is 2.11. The summed E-state index contributed by atoms with van der Waals surface area (Å²) in [5.41, 5.74) is 0. The fraction of sp³-hybridized carbons (Fsp3) is 0.500. The molecule has 0 aliphatic carbocycles. The molecule has 2 heterocycles. The lowest BCUT2D eigenvalue weighted by atomic mass is 10.2. The lowest BCUT2D eigenvalue weighted by Crippen LogP contribution is -2.38. The van der Waals surface area contributed by atoms with Crippen LogP contribution in [0.25, 0.3) is 0 Å². The van der Waals surface area contributed by atoms with Crippen LogP contribution in [-0.2, 0) is 0 Å². The molecule has 2 aliphatic heterocycles. The van der Waals surface area contributed by atoms with Gasteiger partial charge >= 0.3 is 0 Å². The van der Waals surface area contributed by atoms with Crippen molar-refractivity contribution in [1.82, 2.24) is 0 Å². The van der Waals surface area contributed by atoms with Gasteiger partial charge in [-0.1, -0.05) is 53.7 Å². The summed E-state index contributed by atoms with van der Waals surface area (Å²) in [5, 5.41) is 2.54. The zero-order valence-corrected chi connectivity index (χ0v) is 20.9. The number of ether oxygens (including phenoxy) is 4. The maximum absolute atomic E-state index is 6.70. The molecule has 2 aromatic carbocycles. The molecule has 4 atom stereocenters. The van der Waals surface area contributed by atoms with E-state index in [-0.39, 0.29) is 22.0 Å². The van der Waals surface area contributed by atoms with Gasteiger partial charge in [0.05, 0.1) is 24.8 Å². The molecule has 0 amide bonds. The summed E-state index contributed by atoms with van der Waals surface area (Å²) in [6.45, 7) is 13.8. The van der Waals surface area contributed by atoms with Gasteiger partial charge in [-0.3, -0.25) is 0 Å². The van der Waals surface area contributed by atoms with E-state index >= 15 is 0 Å². The minimum absolute atomic E-state index is 0.0336. The normalized spacial score (nSPS) is 25.2. The number of hydrogen-bond donors (Lipinski definition) is 0. The molecule has 4 rings (SSSR count). The highest BCUT2D eigenvalue weighted by Crippen LogP contribution is 2.69. The van der Waals surface area contributed by atoms with Crippen LogP contribution in [0.4, 0.5) is 0 Å². The lowest BCUT2D eigenvalue weighted by molar-refractivity contribution is 0.171. The molecule has 0 fully saturated rings. The van der Waals surface area contributed by atoms with Crippen LogP contribution in [0, 0.1) is 0 Å². The topological polar surface area (TPSA) is 36.9 Å². The molecule has 0 radical (unpaired) electrons. The smallest absolute Gasteiger partial charge is 0.162 e. The van der Waals surface area contributed by atoms with E-state index in [2.05, 4.69) is 53.7 Å². The van der Waals surface area contributed by atoms with Gasteiger partial charge in [-0.15, -0.1) is 0 Å². The fourth-order valence-electron chi connectivity index (χ4n) is 4.42. The molecule has 2 aromatic rings. The molecular weight excluding hydrogens is 414 g/mol. The predicted octanol–water partition coefficient (Wildman–Crippen LogP) is 5.65. The number of fused-ring (bicyclic) bond motifs is 2. The van der Waals surface area contributed by atoms with Gasteiger partial charge in [0.25, 0.3) is 0 Å². The molecule has 0 spiro atoms. The second-order valence-corrected chi connectivity index (χ2v) is 15.8. The van der Waals surface area contributed by atoms with Crippen molar-refractivity contribution in [2.24, 2.45) is 0 Å². The quantitative estimate of drug-likeness (QED) is 0.571. The van der Waals surface area contributed by atoms with Gasteiger partial charge in [0.15, 0.2) is 11.7 Å². The van der Waals surface area contributed by atoms with Crippen molar-refractivity contribution in [2.75, 3.05) is 14.2 Å². The number of methoxy groups -OCH3 is 2. The monoisotopic (exact) mass is 446 g/mol. The minimum Gasteiger partial charge on any atom is -0.496 e. The second-order valence-electron chi connectivity index (χ2n) is 9.71. The number of hydrogen-bond acceptors (Lipinski definition) is 4. The average Bonchev–Trinajstić information content (AvgIpc) is 3.25. The Morgan fingerprint density at radius 1 is 0.667 bits per heavy atom. The Morgan fingerprint density at radius 2 is 1.03 bits per heavy atom. The summed E-state index contributed by atoms with van der Waals surface area (Å²) in [4.78, 5) is 0. The maximum Gasteiger partial charge on any atom is 0.162 e. The first-order valence-electron chi connectivity index (χ1n) is 10.3. The third-order valence-corrected chi connectivity index (χ3v) is 12.3. The Kier molecular flexibility index (Phi) is 5.48. The summed E-state index contributed by atoms with van der Waals surface area (Å²) >= 11 is 0. The van der Waals surface area contributed by atoms with Crippen LogP contribution >= 0.6 is 15.8 Å². The van der Waals surface area contributed by atoms with Crippen LogP contribution in [0.2, 0.25) is 0 Å². The van der Waals surface area contributed by atoms with E-state index in [1.807, 2.05) is 24.3 Å². The Hall–Kier alpha value is -1.50. The third kappa shape index (κ3) is 3.47. The van der Waals surface area contributed by atoms with E-state index in [0.717, 1.165) is 23.0 Å². The molecule has 0 bridgehead atoms. The van der Waals surface area contributed by atoms with Crippen LogP contribution in [0.1, 0.15) is 41.5 Å². The van der Waals surface area contributed by atoms with Crippen LogP contribution in [0.5, 0.6) is 23.0 Å². The summed E-state index contributed by atoms with van der Waals surface area (Å²) in [6.07, 6.45) is 0. The highest BCUT2D eigenvalue weighted by atomic mass is 31.1. The predicted molar refractivity (Wildman–Crippen MR) is 127 cm³/mol. The first-order chi connectivity index (χ1) is 14.1. The zero-order chi connectivity index (χ0) is 21.8. The Labute approximate surface area is 182 Å². The molecule has 4 nitrogen and oxygen atoms in total. The van der Waals surface area contributed by atoms with Crippen molar-refractivity contribution >= 4 is 26.5 Å². The minimum atomic E-state index is -0.690. The standard InChI is InChI=1S/C24H32O4P2/c1-23(2,3)29-19-15(25-7)11-9-13-17(19)27-21(29)22-28-18-14-10-12-16(26-8)20(18)30(22)24(4,5)6/h9-14,21-22H,1-8H3/t21-,22-,29-,30-/m0/s1. The van der Waals surface area contributed by atoms with Crippen molar-refractivity contribution in [2.45, 2.75) is 63.5 Å². The molecule has 0 unspecified atom stereocenters. The summed E-state index contributed by atoms with van der Waals surface area (Å²) in [5.74, 6) is 3.66. The molecule has 0 N–H and O–H groups in total. The first kappa shape index (κ1) is 21.7. The fourth-order valence-corrected chi connectivity index (χ4v) is 11.2. The Balaban J connectivity index is 1.85. The Morgan fingerprint density at radius 3 is 1.33 bits per heavy atom. The maximum atomic E-state index is 6.70. The van der Waals surface area contributed by atoms with Gasteiger partial charge in [-0.2, -0.15) is 0 Å². The van der Waals surface area contributed by atoms with Gasteiger partial charge in [-0.25, -0.2) is 0 Å². The van der Waals surface area contributed by atoms with Gasteiger partial charge in [0.1, 0.15) is 23.0 Å². The van der Waals surface area contributed by atoms with Gasteiger partial charge < -0.3 is 18.9 Å². The SMILES string of the molecule is COc1cccc2c1[P@](C(C)(C)C)[C@@H]([C@H]1Oc3cccc(OC)c3[P@]1C(C)(C)C)O2. The van der Waals surface area contributed by atoms with E-state index in [0.29, 0.717) is 0 Å². The Bertz CT molecular complexity index is 868. The van der Waals surface area contributed by atoms with E-state index < -0.39 is 15.8 Å². The van der Waals surface area contributed by atoms with Crippen molar-refractivity contribution in [3.63, 3.8) is 0 Å². The van der Waals surface area contributed by atoms with Crippen molar-refractivity contribution in [3.05, 3.63) is 36.4 Å². The highest BCUT2D eigenvalue weighted by molar-refractivity contribution is 7.72. The van der Waals surface area contributed by atoms with E-state index in [4.69, 9.17) is 18.9 Å². The molecule has 0 aromatic heterocycles. The first-order valence-corrected chi connectivity index (χ1v) is 13.2. The van der Waals surface area contributed by atoms with Crippen molar-refractivity contribution in [3.8, 4) is 23.0 Å². The van der Waals surface area contributed by atoms with Crippen LogP contribution in [-0.4, -0.2) is 36.2 Å². The third-order valence-electron chi connectivity index (χ3n) is 5.54. The van der Waals surface area contributed by atoms with Crippen LogP contribution in [0.3, 0.4) is 0 Å². The van der Waals surface area contributed by atoms with Gasteiger partial charge in [-0.05, 0) is 50.4 Å². The highest BCUT2D eigenvalue weighted by Gasteiger charge is 2.55. The van der Waals surface area contributed by atoms with Crippen LogP contribution in [0.15, 0.2) is 36.4 Å². The zero-order valence-electron chi connectivity index (χ0n) is 19.1. The summed E-state index contributed by atoms with van der Waals surface area (Å²) < 4.78 is 24.9. The van der Waals surface area contributed by atoms with E-state index in [1.54, 1.807) is 14.2 Å². The molecule has 0 saturated heterocycles. The molecule has 2 aliphatic rings. The summed E-state index contributed by atoms with van der Waals surface area (Å²) in [6, 6.07) is 12.3. The number of rotatable bonds is 3. The number of benzene rings is 2. The average molecular weight is 446 g/mol. The van der Waals surface area contributed by atoms with E-state index in [1.165, 1.54) is 10.6 Å². The lowest BCUT2D eigenvalue weighted by Gasteiger charge is -2.39. The van der Waals surface area contributed by atoms with Crippen molar-refractivity contribution < 1.29 is 18.9 Å². The molecule has 30 heavy (non-hydrogen) atoms. The van der Waals surface area contributed by atoms with Crippen molar-refractivity contribution in [1.29, 1.82) is 0 Å². The van der Waals surface area contributed by atoms with Gasteiger partial charge in [0.2, 0.25) is 0 Å². The van der Waals surface area contributed by atoms with Crippen LogP contribution < -0.4 is 29.6 Å². The van der Waals surface area contributed by atoms with E-state index in [9.17, 15) is 0 Å². The van der Waals surface area contributed by atoms with Gasteiger partial charge in [0, 0.05) is 0 Å². The molecule has 6 heteroatoms. The second kappa shape index (κ2) is 7.57. The molecule has 162 valence electrons.